The van der Waals surface area contributed by atoms with Crippen LogP contribution in [-0.2, 0) is 65.3 Å². The zero-order chi connectivity index (χ0) is 54.1. The second-order valence-corrected chi connectivity index (χ2v) is 18.8. The number of unbranched alkanes of at least 4 members (excludes halogenated alkanes) is 1. The fraction of sp³-hybridized carbons (Fsp3) is 0.344. The van der Waals surface area contributed by atoms with Gasteiger partial charge in [-0.3, -0.25) is 0 Å². The molecule has 11 unspecified atom stereocenters. The fourth-order valence-electron chi connectivity index (χ4n) is 9.18. The van der Waals surface area contributed by atoms with Gasteiger partial charge in [0.15, 0.2) is 37.2 Å². The number of aliphatic hydroxyl groups excluding tert-OH is 1. The monoisotopic (exact) mass is 1070 g/mol. The van der Waals surface area contributed by atoms with E-state index in [9.17, 15) is 24.3 Å². The second-order valence-electron chi connectivity index (χ2n) is 18.8. The van der Waals surface area contributed by atoms with Gasteiger partial charge in [-0.05, 0) is 53.9 Å². The van der Waals surface area contributed by atoms with Crippen LogP contribution in [0.15, 0.2) is 182 Å². The minimum absolute atomic E-state index is 0.0222. The Morgan fingerprint density at radius 2 is 1.10 bits per heavy atom. The minimum atomic E-state index is -1.63. The van der Waals surface area contributed by atoms with E-state index in [-0.39, 0.29) is 56.2 Å². The molecule has 0 radical (unpaired) electrons. The molecule has 3 saturated heterocycles. The van der Waals surface area contributed by atoms with E-state index in [2.05, 4.69) is 0 Å². The summed E-state index contributed by atoms with van der Waals surface area (Å²) in [6.07, 6.45) is -14.3. The van der Waals surface area contributed by atoms with Crippen LogP contribution in [0.25, 0.3) is 0 Å². The van der Waals surface area contributed by atoms with E-state index in [1.807, 2.05) is 97.9 Å². The van der Waals surface area contributed by atoms with Crippen LogP contribution in [0.5, 0.6) is 0 Å². The number of carbonyl (C=O) groups is 4. The quantitative estimate of drug-likeness (QED) is 0.0385. The Labute approximate surface area is 452 Å². The third-order valence-electron chi connectivity index (χ3n) is 13.3. The molecule has 6 aromatic carbocycles. The summed E-state index contributed by atoms with van der Waals surface area (Å²) in [6.45, 7) is 1.99. The van der Waals surface area contributed by atoms with Crippen molar-refractivity contribution in [1.29, 1.82) is 0 Å². The van der Waals surface area contributed by atoms with Gasteiger partial charge in [-0.1, -0.05) is 159 Å². The zero-order valence-electron chi connectivity index (χ0n) is 43.1. The number of rotatable bonds is 22. The van der Waals surface area contributed by atoms with Gasteiger partial charge in [-0.2, -0.15) is 0 Å². The smallest absolute Gasteiger partial charge is 0.410 e. The summed E-state index contributed by atoms with van der Waals surface area (Å²) in [5, 5.41) is 12.4. The molecule has 0 bridgehead atoms. The highest BCUT2D eigenvalue weighted by molar-refractivity contribution is 5.91. The van der Waals surface area contributed by atoms with Gasteiger partial charge < -0.3 is 62.1 Å². The summed E-state index contributed by atoms with van der Waals surface area (Å²) in [6, 6.07) is 52.4. The summed E-state index contributed by atoms with van der Waals surface area (Å²) in [5.41, 5.74) is 2.80. The molecule has 17 heteroatoms. The maximum Gasteiger partial charge on any atom is 0.410 e. The number of amides is 1. The number of carbonyl (C=O) groups excluding carboxylic acids is 4. The van der Waals surface area contributed by atoms with Crippen molar-refractivity contribution in [3.8, 4) is 0 Å². The van der Waals surface area contributed by atoms with E-state index < -0.39 is 91.7 Å². The minimum Gasteiger partial charge on any atom is -0.452 e. The highest BCUT2D eigenvalue weighted by atomic mass is 16.8. The first-order valence-electron chi connectivity index (χ1n) is 26.2. The molecule has 11 atom stereocenters. The molecule has 1 amide bonds. The Hall–Kier alpha value is -7.32. The molecule has 9 rings (SSSR count). The Morgan fingerprint density at radius 3 is 1.68 bits per heavy atom. The Balaban J connectivity index is 1.06. The highest BCUT2D eigenvalue weighted by Gasteiger charge is 2.57. The molecule has 3 heterocycles. The summed E-state index contributed by atoms with van der Waals surface area (Å²) in [7, 11) is 0. The summed E-state index contributed by atoms with van der Waals surface area (Å²) in [5.74, 6) is -2.45. The lowest BCUT2D eigenvalue weighted by atomic mass is 9.95. The molecule has 3 fully saturated rings. The van der Waals surface area contributed by atoms with Gasteiger partial charge in [0, 0.05) is 25.3 Å². The van der Waals surface area contributed by atoms with E-state index >= 15 is 0 Å². The first-order valence-corrected chi connectivity index (χ1v) is 26.2. The number of ether oxygens (including phenoxy) is 11. The zero-order valence-corrected chi connectivity index (χ0v) is 43.1. The van der Waals surface area contributed by atoms with Crippen molar-refractivity contribution in [2.75, 3.05) is 33.0 Å². The molecular formula is C61H63NO16. The number of hydrogen-bond acceptors (Lipinski definition) is 16. The average molecular weight is 1070 g/mol. The van der Waals surface area contributed by atoms with E-state index in [0.29, 0.717) is 18.6 Å². The molecule has 1 N–H and O–H groups in total. The van der Waals surface area contributed by atoms with Crippen LogP contribution >= 0.6 is 0 Å². The Bertz CT molecular complexity index is 2800. The highest BCUT2D eigenvalue weighted by Crippen LogP contribution is 2.39. The van der Waals surface area contributed by atoms with Crippen LogP contribution < -0.4 is 0 Å². The molecule has 0 aliphatic carbocycles. The summed E-state index contributed by atoms with van der Waals surface area (Å²) >= 11 is 0. The average Bonchev–Trinajstić information content (AvgIpc) is 3.67. The van der Waals surface area contributed by atoms with Crippen molar-refractivity contribution in [2.45, 2.75) is 101 Å². The molecule has 3 aliphatic heterocycles. The second kappa shape index (κ2) is 27.8. The Kier molecular flexibility index (Phi) is 19.8. The standard InChI is InChI=1S/C61H63NO16/c1-2-3-35-68-39-47-51(78-60-52(74-55(64)43-26-14-6-15-27-43)49(63)50-48(73-60)40-70-58(77-50)46-32-20-9-21-33-46)53(75-56(65)44-28-16-7-17-29-44)54(76-57(66)45-30-18-8-19-31-45)59(72-47)69-36-34-62(37-41-22-10-4-11-23-41)61(67)71-38-42-24-12-5-13-25-42/h4-33,47-54,58-60,63H,2-3,34-40H2,1H3. The molecule has 0 aromatic heterocycles. The molecule has 3 aliphatic rings. The third-order valence-corrected chi connectivity index (χ3v) is 13.3. The van der Waals surface area contributed by atoms with Crippen LogP contribution in [0, 0.1) is 0 Å². The van der Waals surface area contributed by atoms with Gasteiger partial charge in [0.1, 0.15) is 37.1 Å². The van der Waals surface area contributed by atoms with Gasteiger partial charge >= 0.3 is 24.0 Å². The molecule has 0 spiro atoms. The number of benzene rings is 6. The normalized spacial score (nSPS) is 24.7. The van der Waals surface area contributed by atoms with Crippen LogP contribution in [0.3, 0.4) is 0 Å². The fourth-order valence-corrected chi connectivity index (χ4v) is 9.18. The largest absolute Gasteiger partial charge is 0.452 e. The summed E-state index contributed by atoms with van der Waals surface area (Å²) < 4.78 is 70.3. The number of fused-ring (bicyclic) bond motifs is 1. The number of hydrogen-bond donors (Lipinski definition) is 1. The van der Waals surface area contributed by atoms with Crippen LogP contribution in [0.4, 0.5) is 4.79 Å². The predicted molar refractivity (Wildman–Crippen MR) is 280 cm³/mol. The van der Waals surface area contributed by atoms with Crippen LogP contribution in [-0.4, -0.2) is 128 Å². The first-order chi connectivity index (χ1) is 38.2. The van der Waals surface area contributed by atoms with Crippen molar-refractivity contribution in [1.82, 2.24) is 4.90 Å². The molecular weight excluding hydrogens is 1000 g/mol. The lowest BCUT2D eigenvalue weighted by Gasteiger charge is -2.50. The third kappa shape index (κ3) is 14.6. The van der Waals surface area contributed by atoms with Gasteiger partial charge in [-0.25, -0.2) is 19.2 Å². The maximum atomic E-state index is 14.5. The lowest BCUT2D eigenvalue weighted by molar-refractivity contribution is -0.384. The van der Waals surface area contributed by atoms with Gasteiger partial charge in [0.2, 0.25) is 0 Å². The van der Waals surface area contributed by atoms with Crippen molar-refractivity contribution >= 4 is 24.0 Å². The van der Waals surface area contributed by atoms with Crippen molar-refractivity contribution < 1.29 is 76.4 Å². The molecule has 78 heavy (non-hydrogen) atoms. The molecule has 408 valence electrons. The SMILES string of the molecule is CCCCOCC1OC(OCCN(Cc2ccccc2)C(=O)OCc2ccccc2)C(OC(=O)c2ccccc2)C(OC(=O)c2ccccc2)C1OC1OC2COC(c3ccccc3)OC2C(O)C1OC(=O)c1ccccc1. The topological polar surface area (TPSA) is 193 Å². The van der Waals surface area contributed by atoms with Crippen LogP contribution in [0.2, 0.25) is 0 Å². The Morgan fingerprint density at radius 1 is 0.577 bits per heavy atom. The lowest BCUT2D eigenvalue weighted by Crippen LogP contribution is -2.67. The number of aliphatic hydroxyl groups is 1. The number of esters is 3. The van der Waals surface area contributed by atoms with Crippen molar-refractivity contribution in [2.24, 2.45) is 0 Å². The van der Waals surface area contributed by atoms with E-state index in [1.54, 1.807) is 91.0 Å². The number of nitrogens with zero attached hydrogens (tertiary/aromatic N) is 1. The van der Waals surface area contributed by atoms with E-state index in [1.165, 1.54) is 4.90 Å². The molecule has 0 saturated carbocycles. The van der Waals surface area contributed by atoms with Crippen molar-refractivity contribution in [3.63, 3.8) is 0 Å². The van der Waals surface area contributed by atoms with Gasteiger partial charge in [0.05, 0.1) is 36.5 Å². The van der Waals surface area contributed by atoms with Crippen LogP contribution in [0.1, 0.15) is 73.8 Å². The van der Waals surface area contributed by atoms with Gasteiger partial charge in [-0.15, -0.1) is 0 Å². The maximum absolute atomic E-state index is 14.5. The molecule has 6 aromatic rings. The first kappa shape index (κ1) is 55.4. The van der Waals surface area contributed by atoms with Crippen molar-refractivity contribution in [3.05, 3.63) is 215 Å². The molecule has 17 nitrogen and oxygen atoms in total. The predicted octanol–water partition coefficient (Wildman–Crippen LogP) is 8.65. The van der Waals surface area contributed by atoms with E-state index in [4.69, 9.17) is 52.1 Å². The van der Waals surface area contributed by atoms with Gasteiger partial charge in [0.25, 0.3) is 0 Å². The van der Waals surface area contributed by atoms with E-state index in [0.717, 1.165) is 17.5 Å². The summed E-state index contributed by atoms with van der Waals surface area (Å²) in [4.78, 5) is 58.2.